The third-order valence-electron chi connectivity index (χ3n) is 4.68. The third kappa shape index (κ3) is 4.96. The zero-order valence-corrected chi connectivity index (χ0v) is 14.7. The molecule has 5 nitrogen and oxygen atoms in total. The topological polar surface area (TPSA) is 72.5 Å². The molecule has 3 unspecified atom stereocenters. The number of nitrogens with one attached hydrogen (secondary N) is 1. The number of benzene rings is 1. The maximum Gasteiger partial charge on any atom is 0.258 e. The summed E-state index contributed by atoms with van der Waals surface area (Å²) in [5, 5.41) is 3.05. The molecule has 1 aliphatic carbocycles. The highest BCUT2D eigenvalue weighted by molar-refractivity contribution is 7.90. The van der Waals surface area contributed by atoms with Crippen LogP contribution < -0.4 is 10.1 Å². The van der Waals surface area contributed by atoms with Gasteiger partial charge in [0.15, 0.2) is 16.4 Å². The van der Waals surface area contributed by atoms with E-state index in [9.17, 15) is 13.2 Å². The largest absolute Gasteiger partial charge is 0.484 e. The van der Waals surface area contributed by atoms with Crippen molar-refractivity contribution in [3.8, 4) is 5.75 Å². The summed E-state index contributed by atoms with van der Waals surface area (Å²) in [5.74, 6) is 1.45. The number of carbonyl (C=O) groups is 1. The van der Waals surface area contributed by atoms with Gasteiger partial charge in [-0.1, -0.05) is 26.7 Å². The Morgan fingerprint density at radius 1 is 1.22 bits per heavy atom. The van der Waals surface area contributed by atoms with Gasteiger partial charge in [-0.05, 0) is 42.5 Å². The molecule has 3 atom stereocenters. The fraction of sp³-hybridized carbons (Fsp3) is 0.588. The maximum absolute atomic E-state index is 12.0. The van der Waals surface area contributed by atoms with Crippen molar-refractivity contribution in [2.45, 2.75) is 44.0 Å². The normalized spacial score (nSPS) is 24.9. The van der Waals surface area contributed by atoms with Crippen molar-refractivity contribution >= 4 is 15.7 Å². The lowest BCUT2D eigenvalue weighted by molar-refractivity contribution is -0.124. The smallest absolute Gasteiger partial charge is 0.258 e. The molecule has 0 radical (unpaired) electrons. The summed E-state index contributed by atoms with van der Waals surface area (Å²) in [7, 11) is -3.22. The second-order valence-corrected chi connectivity index (χ2v) is 8.49. The Morgan fingerprint density at radius 2 is 1.87 bits per heavy atom. The highest BCUT2D eigenvalue weighted by Gasteiger charge is 2.28. The molecular formula is C17H25NO4S. The zero-order valence-electron chi connectivity index (χ0n) is 13.9. The van der Waals surface area contributed by atoms with Crippen molar-refractivity contribution in [3.63, 3.8) is 0 Å². The lowest BCUT2D eigenvalue weighted by Crippen LogP contribution is -2.45. The molecule has 0 spiro atoms. The predicted octanol–water partition coefficient (Wildman–Crippen LogP) is 2.41. The minimum Gasteiger partial charge on any atom is -0.484 e. The van der Waals surface area contributed by atoms with Gasteiger partial charge in [-0.25, -0.2) is 8.42 Å². The molecule has 1 saturated carbocycles. The van der Waals surface area contributed by atoms with Crippen LogP contribution >= 0.6 is 0 Å². The molecule has 2 rings (SSSR count). The second kappa shape index (κ2) is 7.34. The first kappa shape index (κ1) is 17.8. The summed E-state index contributed by atoms with van der Waals surface area (Å²) in [4.78, 5) is 12.3. The van der Waals surface area contributed by atoms with E-state index in [1.54, 1.807) is 12.1 Å². The average Bonchev–Trinajstić information content (AvgIpc) is 2.49. The summed E-state index contributed by atoms with van der Waals surface area (Å²) in [6.07, 6.45) is 4.53. The molecule has 6 heteroatoms. The molecule has 0 saturated heterocycles. The summed E-state index contributed by atoms with van der Waals surface area (Å²) < 4.78 is 28.2. The number of amides is 1. The molecule has 1 aromatic rings. The van der Waals surface area contributed by atoms with E-state index in [1.165, 1.54) is 18.6 Å². The van der Waals surface area contributed by atoms with E-state index in [-0.39, 0.29) is 23.5 Å². The van der Waals surface area contributed by atoms with E-state index >= 15 is 0 Å². The van der Waals surface area contributed by atoms with Gasteiger partial charge in [0.25, 0.3) is 5.91 Å². The van der Waals surface area contributed by atoms with E-state index < -0.39 is 9.84 Å². The van der Waals surface area contributed by atoms with Crippen LogP contribution in [0.5, 0.6) is 5.75 Å². The first-order chi connectivity index (χ1) is 10.8. The van der Waals surface area contributed by atoms with E-state index in [1.807, 2.05) is 0 Å². The Morgan fingerprint density at radius 3 is 2.48 bits per heavy atom. The van der Waals surface area contributed by atoms with Gasteiger partial charge in [-0.3, -0.25) is 4.79 Å². The highest BCUT2D eigenvalue weighted by atomic mass is 32.2. The Kier molecular flexibility index (Phi) is 5.68. The van der Waals surface area contributed by atoms with E-state index in [0.29, 0.717) is 17.6 Å². The zero-order chi connectivity index (χ0) is 17.0. The fourth-order valence-electron chi connectivity index (χ4n) is 2.97. The second-order valence-electron chi connectivity index (χ2n) is 6.47. The van der Waals surface area contributed by atoms with E-state index in [4.69, 9.17) is 4.74 Å². The van der Waals surface area contributed by atoms with Crippen LogP contribution in [0, 0.1) is 11.8 Å². The van der Waals surface area contributed by atoms with Gasteiger partial charge in [-0.2, -0.15) is 0 Å². The van der Waals surface area contributed by atoms with Crippen LogP contribution in [0.15, 0.2) is 29.2 Å². The Hall–Kier alpha value is -1.56. The number of carbonyl (C=O) groups excluding carboxylic acids is 1. The SMILES string of the molecule is CC1CCCC(NC(=O)COc2ccc(S(C)(=O)=O)cc2)C1C. The Balaban J connectivity index is 1.84. The summed E-state index contributed by atoms with van der Waals surface area (Å²) in [6.45, 7) is 4.35. The van der Waals surface area contributed by atoms with Gasteiger partial charge in [0.1, 0.15) is 5.75 Å². The number of sulfone groups is 1. The number of ether oxygens (including phenoxy) is 1. The maximum atomic E-state index is 12.0. The van der Waals surface area contributed by atoms with Crippen LogP contribution in [-0.4, -0.2) is 33.2 Å². The molecule has 0 aliphatic heterocycles. The molecule has 0 aromatic heterocycles. The minimum atomic E-state index is -3.22. The monoisotopic (exact) mass is 339 g/mol. The van der Waals surface area contributed by atoms with Crippen LogP contribution in [0.2, 0.25) is 0 Å². The fourth-order valence-corrected chi connectivity index (χ4v) is 3.60. The molecule has 0 heterocycles. The van der Waals surface area contributed by atoms with Gasteiger partial charge in [0.05, 0.1) is 4.90 Å². The molecule has 23 heavy (non-hydrogen) atoms. The highest BCUT2D eigenvalue weighted by Crippen LogP contribution is 2.29. The van der Waals surface area contributed by atoms with Crippen LogP contribution in [-0.2, 0) is 14.6 Å². The van der Waals surface area contributed by atoms with Crippen molar-refractivity contribution in [3.05, 3.63) is 24.3 Å². The number of hydrogen-bond donors (Lipinski definition) is 1. The molecule has 1 aliphatic rings. The van der Waals surface area contributed by atoms with Crippen molar-refractivity contribution in [1.82, 2.24) is 5.32 Å². The Bertz CT molecular complexity index is 639. The van der Waals surface area contributed by atoms with Gasteiger partial charge in [0, 0.05) is 12.3 Å². The third-order valence-corrected chi connectivity index (χ3v) is 5.80. The van der Waals surface area contributed by atoms with Gasteiger partial charge < -0.3 is 10.1 Å². The predicted molar refractivity (Wildman–Crippen MR) is 89.2 cm³/mol. The van der Waals surface area contributed by atoms with Crippen molar-refractivity contribution in [2.24, 2.45) is 11.8 Å². The Labute approximate surface area is 138 Å². The standard InChI is InChI=1S/C17H25NO4S/c1-12-5-4-6-16(13(12)2)18-17(19)11-22-14-7-9-15(10-8-14)23(3,20)21/h7-10,12-13,16H,4-6,11H2,1-3H3,(H,18,19). The summed E-state index contributed by atoms with van der Waals surface area (Å²) in [6, 6.07) is 6.30. The van der Waals surface area contributed by atoms with Gasteiger partial charge >= 0.3 is 0 Å². The molecule has 0 bridgehead atoms. The molecular weight excluding hydrogens is 314 g/mol. The molecule has 128 valence electrons. The van der Waals surface area contributed by atoms with Crippen LogP contribution in [0.3, 0.4) is 0 Å². The summed E-state index contributed by atoms with van der Waals surface area (Å²) >= 11 is 0. The minimum absolute atomic E-state index is 0.0597. The van der Waals surface area contributed by atoms with Crippen molar-refractivity contribution in [1.29, 1.82) is 0 Å². The van der Waals surface area contributed by atoms with E-state index in [0.717, 1.165) is 19.1 Å². The van der Waals surface area contributed by atoms with Gasteiger partial charge in [-0.15, -0.1) is 0 Å². The first-order valence-corrected chi connectivity index (χ1v) is 9.89. The summed E-state index contributed by atoms with van der Waals surface area (Å²) in [5.41, 5.74) is 0. The molecule has 1 fully saturated rings. The number of rotatable bonds is 5. The van der Waals surface area contributed by atoms with Gasteiger partial charge in [0.2, 0.25) is 0 Å². The molecule has 1 amide bonds. The van der Waals surface area contributed by atoms with Crippen molar-refractivity contribution < 1.29 is 17.9 Å². The lowest BCUT2D eigenvalue weighted by Gasteiger charge is -2.34. The first-order valence-electron chi connectivity index (χ1n) is 7.99. The van der Waals surface area contributed by atoms with Crippen molar-refractivity contribution in [2.75, 3.05) is 12.9 Å². The average molecular weight is 339 g/mol. The lowest BCUT2D eigenvalue weighted by atomic mass is 9.78. The van der Waals surface area contributed by atoms with Crippen LogP contribution in [0.1, 0.15) is 33.1 Å². The van der Waals surface area contributed by atoms with Crippen LogP contribution in [0.25, 0.3) is 0 Å². The van der Waals surface area contributed by atoms with Crippen LogP contribution in [0.4, 0.5) is 0 Å². The quantitative estimate of drug-likeness (QED) is 0.894. The number of hydrogen-bond acceptors (Lipinski definition) is 4. The molecule has 1 N–H and O–H groups in total. The molecule has 1 aromatic carbocycles. The van der Waals surface area contributed by atoms with E-state index in [2.05, 4.69) is 19.2 Å².